The quantitative estimate of drug-likeness (QED) is 0.621. The molecule has 0 bridgehead atoms. The molecule has 0 rings (SSSR count). The molecule has 0 saturated heterocycles. The first kappa shape index (κ1) is 16.6. The number of hydrogen-bond donors (Lipinski definition) is 3. The third-order valence-electron chi connectivity index (χ3n) is 2.89. The van der Waals surface area contributed by atoms with Gasteiger partial charge in [-0.15, -0.1) is 0 Å². The van der Waals surface area contributed by atoms with Gasteiger partial charge in [-0.2, -0.15) is 0 Å². The first-order valence-electron chi connectivity index (χ1n) is 5.97. The van der Waals surface area contributed by atoms with Gasteiger partial charge in [-0.3, -0.25) is 9.59 Å². The van der Waals surface area contributed by atoms with E-state index in [-0.39, 0.29) is 24.9 Å². The van der Waals surface area contributed by atoms with Crippen LogP contribution >= 0.6 is 0 Å². The largest absolute Gasteiger partial charge is 0.481 e. The van der Waals surface area contributed by atoms with Gasteiger partial charge < -0.3 is 16.2 Å². The summed E-state index contributed by atoms with van der Waals surface area (Å²) in [5.74, 6) is -1.86. The van der Waals surface area contributed by atoms with Crippen LogP contribution in [0.4, 0.5) is 0 Å². The van der Waals surface area contributed by atoms with Crippen molar-refractivity contribution in [2.75, 3.05) is 6.54 Å². The van der Waals surface area contributed by atoms with E-state index in [1.807, 2.05) is 20.8 Å². The number of carboxylic acid groups (broad SMARTS) is 1. The fourth-order valence-electron chi connectivity index (χ4n) is 1.62. The Kier molecular flexibility index (Phi) is 6.05. The zero-order valence-electron chi connectivity index (χ0n) is 11.6. The highest BCUT2D eigenvalue weighted by Gasteiger charge is 2.34. The van der Waals surface area contributed by atoms with Gasteiger partial charge >= 0.3 is 5.97 Å². The summed E-state index contributed by atoms with van der Waals surface area (Å²) in [7, 11) is 0. The molecule has 0 spiro atoms. The first-order chi connectivity index (χ1) is 8.09. The first-order valence-corrected chi connectivity index (χ1v) is 5.97. The minimum absolute atomic E-state index is 0.192. The minimum Gasteiger partial charge on any atom is -0.481 e. The number of nitrogens with one attached hydrogen (secondary N) is 1. The molecular formula is C13H24N2O3. The maximum Gasteiger partial charge on any atom is 0.304 e. The lowest BCUT2D eigenvalue weighted by Crippen LogP contribution is -2.47. The zero-order chi connectivity index (χ0) is 14.5. The molecule has 5 nitrogen and oxygen atoms in total. The van der Waals surface area contributed by atoms with Gasteiger partial charge in [0.05, 0.1) is 18.4 Å². The van der Waals surface area contributed by atoms with Gasteiger partial charge in [0.15, 0.2) is 0 Å². The van der Waals surface area contributed by atoms with E-state index in [1.54, 1.807) is 6.92 Å². The van der Waals surface area contributed by atoms with E-state index in [9.17, 15) is 9.59 Å². The van der Waals surface area contributed by atoms with Crippen LogP contribution in [-0.4, -0.2) is 29.6 Å². The average molecular weight is 256 g/mol. The second-order valence-electron chi connectivity index (χ2n) is 5.66. The Morgan fingerprint density at radius 3 is 2.17 bits per heavy atom. The topological polar surface area (TPSA) is 92.4 Å². The Labute approximate surface area is 108 Å². The molecule has 0 aliphatic rings. The number of carbonyl (C=O) groups is 2. The Morgan fingerprint density at radius 1 is 1.39 bits per heavy atom. The summed E-state index contributed by atoms with van der Waals surface area (Å²) in [5.41, 5.74) is 5.88. The molecule has 0 radical (unpaired) electrons. The Bertz CT molecular complexity index is 332. The maximum atomic E-state index is 12.1. The summed E-state index contributed by atoms with van der Waals surface area (Å²) in [4.78, 5) is 23.0. The molecule has 0 fully saturated rings. The van der Waals surface area contributed by atoms with E-state index in [4.69, 9.17) is 10.8 Å². The van der Waals surface area contributed by atoms with Crippen LogP contribution < -0.4 is 11.1 Å². The van der Waals surface area contributed by atoms with Gasteiger partial charge in [-0.25, -0.2) is 0 Å². The Balaban J connectivity index is 4.87. The molecule has 0 aromatic rings. The third-order valence-corrected chi connectivity index (χ3v) is 2.89. The van der Waals surface area contributed by atoms with Crippen molar-refractivity contribution in [1.82, 2.24) is 5.32 Å². The number of carboxylic acids is 1. The number of carbonyl (C=O) groups excluding carboxylic acids is 1. The van der Waals surface area contributed by atoms with Crippen LogP contribution in [0.25, 0.3) is 0 Å². The second kappa shape index (κ2) is 6.54. The molecule has 0 aromatic carbocycles. The van der Waals surface area contributed by atoms with Gasteiger partial charge in [0, 0.05) is 6.54 Å². The van der Waals surface area contributed by atoms with Gasteiger partial charge in [0.25, 0.3) is 0 Å². The standard InChI is InChI=1S/C13H24N2O3/c1-8(2)10(7-14)15-12(18)9(6-11(16)17)13(3,4)5/h9-10H,1,6-7,14H2,2-5H3,(H,15,18)(H,16,17). The van der Waals surface area contributed by atoms with Crippen molar-refractivity contribution in [3.63, 3.8) is 0 Å². The van der Waals surface area contributed by atoms with Gasteiger partial charge in [-0.1, -0.05) is 32.9 Å². The third kappa shape index (κ3) is 5.31. The van der Waals surface area contributed by atoms with Crippen molar-refractivity contribution in [2.24, 2.45) is 17.1 Å². The fourth-order valence-corrected chi connectivity index (χ4v) is 1.62. The smallest absolute Gasteiger partial charge is 0.304 e. The average Bonchev–Trinajstić information content (AvgIpc) is 2.19. The van der Waals surface area contributed by atoms with Crippen LogP contribution in [0.5, 0.6) is 0 Å². The highest BCUT2D eigenvalue weighted by Crippen LogP contribution is 2.29. The summed E-state index contributed by atoms with van der Waals surface area (Å²) in [6, 6.07) is -0.309. The van der Waals surface area contributed by atoms with Crippen LogP contribution in [0, 0.1) is 11.3 Å². The van der Waals surface area contributed by atoms with Crippen LogP contribution in [-0.2, 0) is 9.59 Å². The van der Waals surface area contributed by atoms with E-state index in [1.165, 1.54) is 0 Å². The number of rotatable bonds is 6. The van der Waals surface area contributed by atoms with Crippen molar-refractivity contribution >= 4 is 11.9 Å². The molecule has 0 aliphatic heterocycles. The monoisotopic (exact) mass is 256 g/mol. The molecule has 5 heteroatoms. The zero-order valence-corrected chi connectivity index (χ0v) is 11.6. The highest BCUT2D eigenvalue weighted by molar-refractivity contribution is 5.84. The van der Waals surface area contributed by atoms with Crippen molar-refractivity contribution in [3.8, 4) is 0 Å². The number of hydrogen-bond acceptors (Lipinski definition) is 3. The van der Waals surface area contributed by atoms with E-state index >= 15 is 0 Å². The van der Waals surface area contributed by atoms with Crippen LogP contribution in [0.2, 0.25) is 0 Å². The van der Waals surface area contributed by atoms with Gasteiger partial charge in [0.1, 0.15) is 0 Å². The molecule has 2 unspecified atom stereocenters. The molecule has 0 aliphatic carbocycles. The second-order valence-corrected chi connectivity index (χ2v) is 5.66. The van der Waals surface area contributed by atoms with E-state index < -0.39 is 17.3 Å². The molecule has 18 heavy (non-hydrogen) atoms. The summed E-state index contributed by atoms with van der Waals surface area (Å²) < 4.78 is 0. The van der Waals surface area contributed by atoms with E-state index in [0.717, 1.165) is 5.57 Å². The summed E-state index contributed by atoms with van der Waals surface area (Å²) in [6.45, 7) is 11.3. The van der Waals surface area contributed by atoms with Crippen LogP contribution in [0.15, 0.2) is 12.2 Å². The highest BCUT2D eigenvalue weighted by atomic mass is 16.4. The molecule has 2 atom stereocenters. The van der Waals surface area contributed by atoms with Crippen LogP contribution in [0.1, 0.15) is 34.1 Å². The van der Waals surface area contributed by atoms with Crippen molar-refractivity contribution in [3.05, 3.63) is 12.2 Å². The van der Waals surface area contributed by atoms with Crippen LogP contribution in [0.3, 0.4) is 0 Å². The number of aliphatic carboxylic acids is 1. The fraction of sp³-hybridized carbons (Fsp3) is 0.692. The number of amides is 1. The Morgan fingerprint density at radius 2 is 1.89 bits per heavy atom. The molecular weight excluding hydrogens is 232 g/mol. The SMILES string of the molecule is C=C(C)C(CN)NC(=O)C(CC(=O)O)C(C)(C)C. The van der Waals surface area contributed by atoms with E-state index in [2.05, 4.69) is 11.9 Å². The van der Waals surface area contributed by atoms with E-state index in [0.29, 0.717) is 0 Å². The lowest BCUT2D eigenvalue weighted by molar-refractivity contribution is -0.143. The molecule has 104 valence electrons. The summed E-state index contributed by atoms with van der Waals surface area (Å²) in [5, 5.41) is 11.6. The van der Waals surface area contributed by atoms with Gasteiger partial charge in [0.2, 0.25) is 5.91 Å². The molecule has 0 saturated carbocycles. The lowest BCUT2D eigenvalue weighted by Gasteiger charge is -2.30. The molecule has 0 aromatic heterocycles. The minimum atomic E-state index is -0.982. The summed E-state index contributed by atoms with van der Waals surface area (Å²) >= 11 is 0. The molecule has 0 heterocycles. The number of nitrogens with two attached hydrogens (primary N) is 1. The normalized spacial score (nSPS) is 14.7. The molecule has 4 N–H and O–H groups in total. The van der Waals surface area contributed by atoms with Gasteiger partial charge in [-0.05, 0) is 12.3 Å². The van der Waals surface area contributed by atoms with Crippen molar-refractivity contribution in [2.45, 2.75) is 40.2 Å². The molecule has 1 amide bonds. The van der Waals surface area contributed by atoms with Crippen molar-refractivity contribution in [1.29, 1.82) is 0 Å². The predicted molar refractivity (Wildman–Crippen MR) is 71.0 cm³/mol. The predicted octanol–water partition coefficient (Wildman–Crippen LogP) is 1.14. The maximum absolute atomic E-state index is 12.1. The summed E-state index contributed by atoms with van der Waals surface area (Å²) in [6.07, 6.45) is -0.192. The Hall–Kier alpha value is -1.36. The van der Waals surface area contributed by atoms with Crippen molar-refractivity contribution < 1.29 is 14.7 Å². The lowest BCUT2D eigenvalue weighted by atomic mass is 9.78.